The first-order valence-corrected chi connectivity index (χ1v) is 10.8. The zero-order valence-corrected chi connectivity index (χ0v) is 18.4. The highest BCUT2D eigenvalue weighted by Gasteiger charge is 2.40. The molecule has 11 heteroatoms. The van der Waals surface area contributed by atoms with Crippen LogP contribution in [0.3, 0.4) is 0 Å². The van der Waals surface area contributed by atoms with Gasteiger partial charge in [-0.25, -0.2) is 25.6 Å². The summed E-state index contributed by atoms with van der Waals surface area (Å²) in [6.07, 6.45) is 2.19. The molecule has 3 aromatic heterocycles. The quantitative estimate of drug-likeness (QED) is 0.484. The molecule has 0 aliphatic carbocycles. The van der Waals surface area contributed by atoms with E-state index in [1.165, 1.54) is 22.1 Å². The van der Waals surface area contributed by atoms with Crippen molar-refractivity contribution < 1.29 is 9.18 Å². The molecule has 0 unspecified atom stereocenters. The maximum Gasteiger partial charge on any atom is 0.292 e. The Kier molecular flexibility index (Phi) is 4.56. The number of hydrogen-bond acceptors (Lipinski definition) is 6. The van der Waals surface area contributed by atoms with Crippen molar-refractivity contribution in [1.29, 1.82) is 0 Å². The van der Waals surface area contributed by atoms with E-state index in [9.17, 15) is 9.18 Å². The van der Waals surface area contributed by atoms with E-state index >= 15 is 0 Å². The first-order chi connectivity index (χ1) is 15.3. The van der Waals surface area contributed by atoms with Crippen LogP contribution in [0.25, 0.3) is 15.1 Å². The number of fused-ring (bicyclic) bond motifs is 2. The van der Waals surface area contributed by atoms with Gasteiger partial charge in [0, 0.05) is 39.6 Å². The van der Waals surface area contributed by atoms with Crippen molar-refractivity contribution in [2.24, 2.45) is 7.05 Å². The van der Waals surface area contributed by atoms with Crippen molar-refractivity contribution in [3.63, 3.8) is 0 Å². The first-order valence-electron chi connectivity index (χ1n) is 9.98. The highest BCUT2D eigenvalue weighted by molar-refractivity contribution is 7.18. The van der Waals surface area contributed by atoms with Gasteiger partial charge in [0.25, 0.3) is 11.4 Å². The van der Waals surface area contributed by atoms with Gasteiger partial charge in [-0.2, -0.15) is 4.98 Å². The summed E-state index contributed by atoms with van der Waals surface area (Å²) < 4.78 is 16.4. The van der Waals surface area contributed by atoms with Gasteiger partial charge >= 0.3 is 0 Å². The van der Waals surface area contributed by atoms with Gasteiger partial charge < -0.3 is 14.7 Å². The number of benzene rings is 1. The van der Waals surface area contributed by atoms with Crippen molar-refractivity contribution in [1.82, 2.24) is 34.6 Å². The molecular formula is C21H19FN8OS. The van der Waals surface area contributed by atoms with E-state index in [0.717, 1.165) is 5.69 Å². The van der Waals surface area contributed by atoms with E-state index in [-0.39, 0.29) is 23.1 Å². The summed E-state index contributed by atoms with van der Waals surface area (Å²) in [6, 6.07) is 4.24. The number of nitrogens with one attached hydrogen (secondary N) is 1. The van der Waals surface area contributed by atoms with Crippen LogP contribution in [0.5, 0.6) is 0 Å². The lowest BCUT2D eigenvalue weighted by molar-refractivity contribution is 0.0672. The number of aryl methyl sites for hydroxylation is 1. The van der Waals surface area contributed by atoms with Gasteiger partial charge in [-0.15, -0.1) is 16.4 Å². The molecule has 1 aliphatic heterocycles. The number of rotatable bonds is 3. The lowest BCUT2D eigenvalue weighted by atomic mass is 10.0. The molecule has 1 amide bonds. The topological polar surface area (TPSA) is 97.0 Å². The van der Waals surface area contributed by atoms with Crippen LogP contribution in [0.4, 0.5) is 4.39 Å². The van der Waals surface area contributed by atoms with Crippen LogP contribution in [-0.4, -0.2) is 47.1 Å². The molecule has 5 rings (SSSR count). The van der Waals surface area contributed by atoms with Crippen molar-refractivity contribution in [2.45, 2.75) is 31.8 Å². The number of aromatic nitrogens is 6. The zero-order valence-electron chi connectivity index (χ0n) is 17.6. The molecule has 0 saturated heterocycles. The fourth-order valence-corrected chi connectivity index (χ4v) is 4.90. The number of carbonyl (C=O) groups excluding carboxylic acids is 1. The van der Waals surface area contributed by atoms with Crippen molar-refractivity contribution in [3.05, 3.63) is 69.8 Å². The van der Waals surface area contributed by atoms with Gasteiger partial charge in [0.05, 0.1) is 16.7 Å². The minimum absolute atomic E-state index is 0.132. The number of amides is 1. The summed E-state index contributed by atoms with van der Waals surface area (Å²) in [5.41, 5.74) is 0.944. The van der Waals surface area contributed by atoms with Gasteiger partial charge in [-0.1, -0.05) is 6.07 Å². The lowest BCUT2D eigenvalue weighted by Gasteiger charge is -2.33. The number of thiazole rings is 1. The molecular weight excluding hydrogens is 431 g/mol. The van der Waals surface area contributed by atoms with Gasteiger partial charge in [0.2, 0.25) is 11.6 Å². The molecule has 1 aliphatic rings. The maximum absolute atomic E-state index is 14.3. The third-order valence-corrected chi connectivity index (χ3v) is 6.66. The fourth-order valence-electron chi connectivity index (χ4n) is 3.80. The van der Waals surface area contributed by atoms with Gasteiger partial charge in [0.15, 0.2) is 0 Å². The van der Waals surface area contributed by atoms with Crippen molar-refractivity contribution in [2.75, 3.05) is 6.54 Å². The van der Waals surface area contributed by atoms with E-state index in [4.69, 9.17) is 6.57 Å². The Bertz CT molecular complexity index is 1390. The molecule has 1 N–H and O–H groups in total. The highest BCUT2D eigenvalue weighted by Crippen LogP contribution is 2.38. The number of halogens is 1. The SMILES string of the molecule is [C-]#[N+]C(C)(C)c1nc(C(=O)N2CCc3[nH]cnc3[C@H]2c2nc3c(F)cccc3s2)n(C)n1. The van der Waals surface area contributed by atoms with E-state index in [1.807, 2.05) is 0 Å². The standard InChI is InChI=1S/C21H19FN8OS/c1-21(2,23-3)20-27-17(29(4)28-20)19(31)30-9-8-12-15(25-10-24-12)16(30)18-26-14-11(22)6-5-7-13(14)32-18/h5-7,10,16H,8-9H2,1-2,4H3,(H,24,25)/t16-/m0/s1. The fraction of sp³-hybridized carbons (Fsp3) is 0.333. The highest BCUT2D eigenvalue weighted by atomic mass is 32.1. The number of imidazole rings is 1. The molecule has 4 aromatic rings. The largest absolute Gasteiger partial charge is 0.348 e. The minimum Gasteiger partial charge on any atom is -0.348 e. The third kappa shape index (κ3) is 3.06. The lowest BCUT2D eigenvalue weighted by Crippen LogP contribution is -2.41. The van der Waals surface area contributed by atoms with E-state index < -0.39 is 17.4 Å². The summed E-state index contributed by atoms with van der Waals surface area (Å²) in [5.74, 6) is -0.326. The minimum atomic E-state index is -0.947. The predicted octanol–water partition coefficient (Wildman–Crippen LogP) is 3.23. The Labute approximate surface area is 186 Å². The maximum atomic E-state index is 14.3. The smallest absolute Gasteiger partial charge is 0.292 e. The molecule has 0 radical (unpaired) electrons. The monoisotopic (exact) mass is 450 g/mol. The second kappa shape index (κ2) is 7.20. The van der Waals surface area contributed by atoms with Crippen LogP contribution in [0.15, 0.2) is 24.5 Å². The number of carbonyl (C=O) groups is 1. The van der Waals surface area contributed by atoms with Crippen LogP contribution in [0.2, 0.25) is 0 Å². The van der Waals surface area contributed by atoms with Crippen LogP contribution in [0.1, 0.15) is 52.7 Å². The molecule has 0 saturated carbocycles. The van der Waals surface area contributed by atoms with E-state index in [2.05, 4.69) is 29.9 Å². The number of hydrogen-bond donors (Lipinski definition) is 1. The summed E-state index contributed by atoms with van der Waals surface area (Å²) >= 11 is 1.34. The molecule has 4 heterocycles. The molecule has 9 nitrogen and oxygen atoms in total. The normalized spacial score (nSPS) is 16.2. The number of H-pyrrole nitrogens is 1. The Balaban J connectivity index is 1.61. The molecule has 0 spiro atoms. The van der Waals surface area contributed by atoms with E-state index in [1.54, 1.807) is 44.3 Å². The predicted molar refractivity (Wildman–Crippen MR) is 115 cm³/mol. The van der Waals surface area contributed by atoms with Crippen LogP contribution in [0, 0.1) is 12.4 Å². The third-order valence-electron chi connectivity index (χ3n) is 5.59. The Hall–Kier alpha value is -3.65. The molecule has 0 bridgehead atoms. The Morgan fingerprint density at radius 2 is 2.19 bits per heavy atom. The summed E-state index contributed by atoms with van der Waals surface area (Å²) in [4.78, 5) is 35.4. The summed E-state index contributed by atoms with van der Waals surface area (Å²) in [6.45, 7) is 11.2. The van der Waals surface area contributed by atoms with Gasteiger partial charge in [-0.3, -0.25) is 4.79 Å². The summed E-state index contributed by atoms with van der Waals surface area (Å²) in [5, 5.41) is 4.89. The Morgan fingerprint density at radius 1 is 1.38 bits per heavy atom. The first kappa shape index (κ1) is 20.3. The van der Waals surface area contributed by atoms with Crippen molar-refractivity contribution >= 4 is 27.5 Å². The van der Waals surface area contributed by atoms with E-state index in [0.29, 0.717) is 28.4 Å². The number of aromatic amines is 1. The van der Waals surface area contributed by atoms with Crippen LogP contribution < -0.4 is 0 Å². The molecule has 1 atom stereocenters. The van der Waals surface area contributed by atoms with Crippen LogP contribution in [-0.2, 0) is 19.0 Å². The molecule has 32 heavy (non-hydrogen) atoms. The second-order valence-corrected chi connectivity index (χ2v) is 9.17. The van der Waals surface area contributed by atoms with Gasteiger partial charge in [-0.05, 0) is 12.1 Å². The number of para-hydroxylation sites is 1. The average Bonchev–Trinajstić information content (AvgIpc) is 3.50. The number of nitrogens with zero attached hydrogens (tertiary/aromatic N) is 7. The molecule has 0 fully saturated rings. The van der Waals surface area contributed by atoms with Crippen LogP contribution >= 0.6 is 11.3 Å². The molecule has 1 aromatic carbocycles. The second-order valence-electron chi connectivity index (χ2n) is 8.11. The zero-order chi connectivity index (χ0) is 22.6. The molecule has 162 valence electrons. The Morgan fingerprint density at radius 3 is 2.94 bits per heavy atom. The van der Waals surface area contributed by atoms with Crippen molar-refractivity contribution in [3.8, 4) is 0 Å². The summed E-state index contributed by atoms with van der Waals surface area (Å²) in [7, 11) is 1.63. The average molecular weight is 451 g/mol. The van der Waals surface area contributed by atoms with Gasteiger partial charge in [0.1, 0.15) is 22.4 Å².